The van der Waals surface area contributed by atoms with E-state index in [1.165, 1.54) is 11.8 Å². The molecule has 10 nitrogen and oxygen atoms in total. The summed E-state index contributed by atoms with van der Waals surface area (Å²) in [5.41, 5.74) is 0. The zero-order valence-electron chi connectivity index (χ0n) is 15.5. The Balaban J connectivity index is 2.14. The monoisotopic (exact) mass is 415 g/mol. The predicted molar refractivity (Wildman–Crippen MR) is 105 cm³/mol. The first-order valence-corrected chi connectivity index (χ1v) is 11.3. The van der Waals surface area contributed by atoms with Crippen LogP contribution in [0, 0.1) is 5.92 Å². The molecule has 0 amide bonds. The molecular formula is C15H25N7O3S2. The third kappa shape index (κ3) is 8.10. The van der Waals surface area contributed by atoms with Crippen molar-refractivity contribution in [1.82, 2.24) is 24.7 Å². The zero-order valence-corrected chi connectivity index (χ0v) is 17.2. The van der Waals surface area contributed by atoms with Gasteiger partial charge in [0.05, 0.1) is 25.4 Å². The maximum atomic E-state index is 11.5. The van der Waals surface area contributed by atoms with E-state index in [1.54, 1.807) is 10.9 Å². The van der Waals surface area contributed by atoms with Gasteiger partial charge in [0, 0.05) is 18.1 Å². The molecule has 0 saturated heterocycles. The molecule has 0 aliphatic rings. The SMILES string of the molecule is CC(C)C[C@H](CO)Nc1nc(NS(C)(=O)=O)nc(SCCn2cccn2)n1. The lowest BCUT2D eigenvalue weighted by atomic mass is 10.0. The molecule has 12 heteroatoms. The van der Waals surface area contributed by atoms with Crippen LogP contribution < -0.4 is 10.0 Å². The van der Waals surface area contributed by atoms with Crippen molar-refractivity contribution in [1.29, 1.82) is 0 Å². The Morgan fingerprint density at radius 3 is 2.59 bits per heavy atom. The minimum absolute atomic E-state index is 0.0576. The smallest absolute Gasteiger partial charge is 0.242 e. The molecule has 0 spiro atoms. The highest BCUT2D eigenvalue weighted by Gasteiger charge is 2.15. The predicted octanol–water partition coefficient (Wildman–Crippen LogP) is 1.05. The highest BCUT2D eigenvalue weighted by molar-refractivity contribution is 7.99. The topological polar surface area (TPSA) is 135 Å². The second-order valence-corrected chi connectivity index (χ2v) is 9.22. The van der Waals surface area contributed by atoms with Crippen molar-refractivity contribution in [3.05, 3.63) is 18.5 Å². The normalized spacial score (nSPS) is 12.9. The molecular weight excluding hydrogens is 390 g/mol. The van der Waals surface area contributed by atoms with Gasteiger partial charge in [-0.2, -0.15) is 20.1 Å². The molecule has 27 heavy (non-hydrogen) atoms. The van der Waals surface area contributed by atoms with Gasteiger partial charge < -0.3 is 10.4 Å². The van der Waals surface area contributed by atoms with Gasteiger partial charge in [0.15, 0.2) is 5.16 Å². The fourth-order valence-corrected chi connectivity index (χ4v) is 3.48. The lowest BCUT2D eigenvalue weighted by Crippen LogP contribution is -2.27. The number of aryl methyl sites for hydroxylation is 1. The molecule has 0 aliphatic carbocycles. The van der Waals surface area contributed by atoms with Crippen molar-refractivity contribution in [2.75, 3.05) is 28.7 Å². The fourth-order valence-electron chi connectivity index (χ4n) is 2.29. The van der Waals surface area contributed by atoms with Crippen LogP contribution >= 0.6 is 11.8 Å². The van der Waals surface area contributed by atoms with Crippen LogP contribution in [0.1, 0.15) is 20.3 Å². The van der Waals surface area contributed by atoms with E-state index in [-0.39, 0.29) is 24.5 Å². The van der Waals surface area contributed by atoms with Crippen molar-refractivity contribution in [2.45, 2.75) is 38.0 Å². The molecule has 2 rings (SSSR count). The molecule has 1 atom stereocenters. The third-order valence-electron chi connectivity index (χ3n) is 3.31. The highest BCUT2D eigenvalue weighted by Crippen LogP contribution is 2.19. The fraction of sp³-hybridized carbons (Fsp3) is 0.600. The average Bonchev–Trinajstić information content (AvgIpc) is 3.05. The van der Waals surface area contributed by atoms with Crippen molar-refractivity contribution in [3.8, 4) is 0 Å². The highest BCUT2D eigenvalue weighted by atomic mass is 32.2. The summed E-state index contributed by atoms with van der Waals surface area (Å²) in [4.78, 5) is 12.6. The van der Waals surface area contributed by atoms with Crippen LogP contribution in [0.15, 0.2) is 23.6 Å². The zero-order chi connectivity index (χ0) is 19.9. The summed E-state index contributed by atoms with van der Waals surface area (Å²) in [6.07, 6.45) is 5.31. The molecule has 0 unspecified atom stereocenters. The van der Waals surface area contributed by atoms with E-state index >= 15 is 0 Å². The van der Waals surface area contributed by atoms with Crippen molar-refractivity contribution in [2.24, 2.45) is 5.92 Å². The molecule has 0 bridgehead atoms. The molecule has 3 N–H and O–H groups in total. The number of thioether (sulfide) groups is 1. The van der Waals surface area contributed by atoms with E-state index in [2.05, 4.69) is 30.1 Å². The molecule has 0 saturated carbocycles. The summed E-state index contributed by atoms with van der Waals surface area (Å²) in [6.45, 7) is 4.67. The van der Waals surface area contributed by atoms with Gasteiger partial charge in [-0.1, -0.05) is 25.6 Å². The van der Waals surface area contributed by atoms with Gasteiger partial charge in [-0.25, -0.2) is 8.42 Å². The van der Waals surface area contributed by atoms with Gasteiger partial charge in [-0.3, -0.25) is 9.40 Å². The van der Waals surface area contributed by atoms with Gasteiger partial charge in [0.1, 0.15) is 0 Å². The summed E-state index contributed by atoms with van der Waals surface area (Å²) >= 11 is 1.36. The molecule has 2 aromatic heterocycles. The van der Waals surface area contributed by atoms with E-state index < -0.39 is 10.0 Å². The second-order valence-electron chi connectivity index (χ2n) is 6.41. The van der Waals surface area contributed by atoms with Crippen LogP contribution in [-0.2, 0) is 16.6 Å². The van der Waals surface area contributed by atoms with Crippen LogP contribution in [-0.4, -0.2) is 62.9 Å². The number of sulfonamides is 1. The van der Waals surface area contributed by atoms with Gasteiger partial charge in [0.25, 0.3) is 0 Å². The van der Waals surface area contributed by atoms with Gasteiger partial charge in [0.2, 0.25) is 21.9 Å². The van der Waals surface area contributed by atoms with Crippen LogP contribution in [0.5, 0.6) is 0 Å². The Kier molecular flexibility index (Phi) is 7.80. The maximum Gasteiger partial charge on any atom is 0.242 e. The molecule has 2 heterocycles. The number of anilines is 2. The Bertz CT molecular complexity index is 813. The number of rotatable bonds is 11. The second kappa shape index (κ2) is 9.85. The van der Waals surface area contributed by atoms with Crippen molar-refractivity contribution in [3.63, 3.8) is 0 Å². The molecule has 0 fully saturated rings. The molecule has 2 aromatic rings. The van der Waals surface area contributed by atoms with Gasteiger partial charge in [-0.15, -0.1) is 0 Å². The maximum absolute atomic E-state index is 11.5. The first-order valence-electron chi connectivity index (χ1n) is 8.46. The summed E-state index contributed by atoms with van der Waals surface area (Å²) in [7, 11) is -3.52. The van der Waals surface area contributed by atoms with Crippen molar-refractivity contribution < 1.29 is 13.5 Å². The van der Waals surface area contributed by atoms with Gasteiger partial charge in [-0.05, 0) is 18.4 Å². The van der Waals surface area contributed by atoms with Crippen LogP contribution in [0.3, 0.4) is 0 Å². The van der Waals surface area contributed by atoms with E-state index in [0.29, 0.717) is 23.4 Å². The van der Waals surface area contributed by atoms with Crippen molar-refractivity contribution >= 4 is 33.7 Å². The summed E-state index contributed by atoms with van der Waals surface area (Å²) in [6, 6.07) is 1.61. The van der Waals surface area contributed by atoms with Gasteiger partial charge >= 0.3 is 0 Å². The number of nitrogens with zero attached hydrogens (tertiary/aromatic N) is 5. The number of hydrogen-bond donors (Lipinski definition) is 3. The quantitative estimate of drug-likeness (QED) is 0.460. The standard InChI is InChI=1S/C15H25N7O3S2/c1-11(2)9-12(10-23)17-13-18-14(21-27(3,24)25)20-15(19-13)26-8-7-22-6-4-5-16-22/h4-6,11-12,23H,7-10H2,1-3H3,(H2,17,18,19,20,21)/t12-/m1/s1. The Labute approximate surface area is 163 Å². The molecule has 150 valence electrons. The largest absolute Gasteiger partial charge is 0.394 e. The number of hydrogen-bond acceptors (Lipinski definition) is 9. The Hall–Kier alpha value is -1.92. The molecule has 0 aromatic carbocycles. The third-order valence-corrected chi connectivity index (χ3v) is 4.69. The average molecular weight is 416 g/mol. The number of nitrogens with one attached hydrogen (secondary N) is 2. The summed E-state index contributed by atoms with van der Waals surface area (Å²) < 4.78 is 27.1. The number of aromatic nitrogens is 5. The minimum atomic E-state index is -3.52. The van der Waals surface area contributed by atoms with E-state index in [0.717, 1.165) is 12.7 Å². The minimum Gasteiger partial charge on any atom is -0.394 e. The van der Waals surface area contributed by atoms with Crippen LogP contribution in [0.4, 0.5) is 11.9 Å². The van der Waals surface area contributed by atoms with E-state index in [1.807, 2.05) is 26.1 Å². The number of aliphatic hydroxyl groups excluding tert-OH is 1. The lowest BCUT2D eigenvalue weighted by Gasteiger charge is -2.18. The van der Waals surface area contributed by atoms with E-state index in [4.69, 9.17) is 0 Å². The molecule has 0 aliphatic heterocycles. The molecule has 0 radical (unpaired) electrons. The first-order chi connectivity index (χ1) is 12.7. The first kappa shape index (κ1) is 21.4. The Morgan fingerprint density at radius 2 is 2.00 bits per heavy atom. The van der Waals surface area contributed by atoms with Crippen LogP contribution in [0.2, 0.25) is 0 Å². The van der Waals surface area contributed by atoms with E-state index in [9.17, 15) is 13.5 Å². The number of aliphatic hydroxyl groups is 1. The van der Waals surface area contributed by atoms with Crippen LogP contribution in [0.25, 0.3) is 0 Å². The lowest BCUT2D eigenvalue weighted by molar-refractivity contribution is 0.259. The summed E-state index contributed by atoms with van der Waals surface area (Å²) in [5, 5.41) is 17.1. The summed E-state index contributed by atoms with van der Waals surface area (Å²) in [5.74, 6) is 1.18. The Morgan fingerprint density at radius 1 is 1.26 bits per heavy atom.